The fraction of sp³-hybridized carbons (Fsp3) is 0.562. The van der Waals surface area contributed by atoms with Gasteiger partial charge in [0.2, 0.25) is 0 Å². The quantitative estimate of drug-likeness (QED) is 0.832. The van der Waals surface area contributed by atoms with Crippen LogP contribution >= 0.6 is 0 Å². The van der Waals surface area contributed by atoms with Crippen molar-refractivity contribution in [3.8, 4) is 11.5 Å². The number of phenols is 1. The second kappa shape index (κ2) is 7.17. The Morgan fingerprint density at radius 1 is 1.30 bits per heavy atom. The third-order valence-electron chi connectivity index (χ3n) is 3.83. The summed E-state index contributed by atoms with van der Waals surface area (Å²) >= 11 is 0. The lowest BCUT2D eigenvalue weighted by Gasteiger charge is -2.17. The third-order valence-corrected chi connectivity index (χ3v) is 3.83. The molecule has 1 aromatic carbocycles. The topological polar surface area (TPSA) is 58.6 Å². The Morgan fingerprint density at radius 3 is 2.70 bits per heavy atom. The Kier molecular flexibility index (Phi) is 5.27. The van der Waals surface area contributed by atoms with Crippen molar-refractivity contribution in [2.75, 3.05) is 6.61 Å². The monoisotopic (exact) mass is 277 g/mol. The van der Waals surface area contributed by atoms with Crippen LogP contribution < -0.4 is 10.1 Å². The number of phenolic OH excluding ortho intramolecular Hbond substituents is 1. The fourth-order valence-electron chi connectivity index (χ4n) is 2.60. The average Bonchev–Trinajstić information content (AvgIpc) is 2.69. The van der Waals surface area contributed by atoms with Crippen LogP contribution in [0.4, 0.5) is 0 Å². The minimum atomic E-state index is -0.0837. The van der Waals surface area contributed by atoms with E-state index < -0.39 is 0 Å². The number of rotatable bonds is 4. The first-order chi connectivity index (χ1) is 9.66. The van der Waals surface area contributed by atoms with E-state index in [9.17, 15) is 9.90 Å². The van der Waals surface area contributed by atoms with E-state index in [1.165, 1.54) is 25.7 Å². The summed E-state index contributed by atoms with van der Waals surface area (Å²) in [4.78, 5) is 11.9. The molecular weight excluding hydrogens is 254 g/mol. The maximum Gasteiger partial charge on any atom is 0.258 e. The molecule has 4 nitrogen and oxygen atoms in total. The van der Waals surface area contributed by atoms with Crippen LogP contribution in [-0.4, -0.2) is 23.7 Å². The molecule has 0 aliphatic heterocycles. The van der Waals surface area contributed by atoms with Crippen LogP contribution in [0.25, 0.3) is 0 Å². The van der Waals surface area contributed by atoms with Gasteiger partial charge in [-0.25, -0.2) is 0 Å². The molecule has 1 aliphatic rings. The molecule has 0 aromatic heterocycles. The summed E-state index contributed by atoms with van der Waals surface area (Å²) in [5.41, 5.74) is 0.662. The van der Waals surface area contributed by atoms with Crippen molar-refractivity contribution in [2.45, 2.75) is 51.5 Å². The summed E-state index contributed by atoms with van der Waals surface area (Å²) in [6.45, 7) is 1.77. The van der Waals surface area contributed by atoms with Gasteiger partial charge in [0, 0.05) is 11.6 Å². The van der Waals surface area contributed by atoms with Crippen LogP contribution in [0, 0.1) is 6.92 Å². The molecule has 0 atom stereocenters. The highest BCUT2D eigenvalue weighted by atomic mass is 16.5. The van der Waals surface area contributed by atoms with E-state index >= 15 is 0 Å². The van der Waals surface area contributed by atoms with Gasteiger partial charge in [0.15, 0.2) is 6.61 Å². The maximum absolute atomic E-state index is 11.9. The molecule has 20 heavy (non-hydrogen) atoms. The third kappa shape index (κ3) is 4.15. The summed E-state index contributed by atoms with van der Waals surface area (Å²) in [6, 6.07) is 5.36. The lowest BCUT2D eigenvalue weighted by Crippen LogP contribution is -2.37. The standard InChI is InChI=1S/C16H23NO3/c1-12-14(18)9-6-10-15(12)20-11-16(19)17-13-7-4-2-3-5-8-13/h6,9-10,13,18H,2-5,7-8,11H2,1H3,(H,17,19). The van der Waals surface area contributed by atoms with Gasteiger partial charge in [0.05, 0.1) is 0 Å². The van der Waals surface area contributed by atoms with Crippen LogP contribution in [0.5, 0.6) is 11.5 Å². The average molecular weight is 277 g/mol. The Hall–Kier alpha value is -1.71. The van der Waals surface area contributed by atoms with E-state index in [0.717, 1.165) is 12.8 Å². The lowest BCUT2D eigenvalue weighted by atomic mass is 10.1. The van der Waals surface area contributed by atoms with Gasteiger partial charge in [0.1, 0.15) is 11.5 Å². The Balaban J connectivity index is 1.81. The molecule has 1 aromatic rings. The maximum atomic E-state index is 11.9. The highest BCUT2D eigenvalue weighted by Gasteiger charge is 2.15. The number of benzene rings is 1. The smallest absolute Gasteiger partial charge is 0.258 e. The number of nitrogens with one attached hydrogen (secondary N) is 1. The highest BCUT2D eigenvalue weighted by molar-refractivity contribution is 5.77. The second-order valence-corrected chi connectivity index (χ2v) is 5.44. The second-order valence-electron chi connectivity index (χ2n) is 5.44. The van der Waals surface area contributed by atoms with E-state index in [0.29, 0.717) is 17.4 Å². The van der Waals surface area contributed by atoms with Crippen molar-refractivity contribution in [2.24, 2.45) is 0 Å². The molecule has 4 heteroatoms. The number of hydrogen-bond acceptors (Lipinski definition) is 3. The minimum absolute atomic E-state index is 0.000787. The molecule has 2 N–H and O–H groups in total. The number of hydrogen-bond donors (Lipinski definition) is 2. The van der Waals surface area contributed by atoms with Crippen LogP contribution in [0.1, 0.15) is 44.1 Å². The number of aromatic hydroxyl groups is 1. The fourth-order valence-corrected chi connectivity index (χ4v) is 2.60. The molecule has 0 radical (unpaired) electrons. The van der Waals surface area contributed by atoms with Gasteiger partial charge >= 0.3 is 0 Å². The normalized spacial score (nSPS) is 16.4. The summed E-state index contributed by atoms with van der Waals surface area (Å²) in [6.07, 6.45) is 7.05. The van der Waals surface area contributed by atoms with Crippen molar-refractivity contribution in [3.63, 3.8) is 0 Å². The SMILES string of the molecule is Cc1c(O)cccc1OCC(=O)NC1CCCCCC1. The van der Waals surface area contributed by atoms with Crippen molar-refractivity contribution < 1.29 is 14.6 Å². The van der Waals surface area contributed by atoms with Crippen LogP contribution in [-0.2, 0) is 4.79 Å². The molecule has 0 saturated heterocycles. The highest BCUT2D eigenvalue weighted by Crippen LogP contribution is 2.25. The van der Waals surface area contributed by atoms with Gasteiger partial charge in [-0.1, -0.05) is 31.7 Å². The summed E-state index contributed by atoms with van der Waals surface area (Å²) in [7, 11) is 0. The van der Waals surface area contributed by atoms with Gasteiger partial charge in [0.25, 0.3) is 5.91 Å². The van der Waals surface area contributed by atoms with Gasteiger partial charge < -0.3 is 15.2 Å². The van der Waals surface area contributed by atoms with E-state index in [-0.39, 0.29) is 18.3 Å². The summed E-state index contributed by atoms with van der Waals surface area (Å²) in [5, 5.41) is 12.6. The number of amides is 1. The van der Waals surface area contributed by atoms with Crippen LogP contribution in [0.3, 0.4) is 0 Å². The molecular formula is C16H23NO3. The molecule has 0 heterocycles. The van der Waals surface area contributed by atoms with Crippen molar-refractivity contribution >= 4 is 5.91 Å². The van der Waals surface area contributed by atoms with E-state index in [1.807, 2.05) is 0 Å². The molecule has 1 aliphatic carbocycles. The van der Waals surface area contributed by atoms with E-state index in [1.54, 1.807) is 25.1 Å². The van der Waals surface area contributed by atoms with Crippen molar-refractivity contribution in [1.29, 1.82) is 0 Å². The molecule has 1 fully saturated rings. The van der Waals surface area contributed by atoms with Gasteiger partial charge in [-0.15, -0.1) is 0 Å². The molecule has 0 spiro atoms. The van der Waals surface area contributed by atoms with E-state index in [4.69, 9.17) is 4.74 Å². The van der Waals surface area contributed by atoms with Gasteiger partial charge in [-0.3, -0.25) is 4.79 Å². The molecule has 110 valence electrons. The first-order valence-electron chi connectivity index (χ1n) is 7.37. The molecule has 1 amide bonds. The number of carbonyl (C=O) groups is 1. The zero-order valence-electron chi connectivity index (χ0n) is 12.0. The number of carbonyl (C=O) groups excluding carboxylic acids is 1. The molecule has 0 bridgehead atoms. The molecule has 2 rings (SSSR count). The zero-order valence-corrected chi connectivity index (χ0v) is 12.0. The minimum Gasteiger partial charge on any atom is -0.508 e. The first-order valence-corrected chi connectivity index (χ1v) is 7.37. The Labute approximate surface area is 120 Å². The van der Waals surface area contributed by atoms with Crippen LogP contribution in [0.2, 0.25) is 0 Å². The Morgan fingerprint density at radius 2 is 2.00 bits per heavy atom. The van der Waals surface area contributed by atoms with Gasteiger partial charge in [-0.05, 0) is 31.9 Å². The number of ether oxygens (including phenoxy) is 1. The largest absolute Gasteiger partial charge is 0.508 e. The van der Waals surface area contributed by atoms with Crippen LogP contribution in [0.15, 0.2) is 18.2 Å². The van der Waals surface area contributed by atoms with Gasteiger partial charge in [-0.2, -0.15) is 0 Å². The predicted molar refractivity (Wildman–Crippen MR) is 78.0 cm³/mol. The lowest BCUT2D eigenvalue weighted by molar-refractivity contribution is -0.123. The first kappa shape index (κ1) is 14.7. The van der Waals surface area contributed by atoms with Crippen molar-refractivity contribution in [1.82, 2.24) is 5.32 Å². The predicted octanol–water partition coefficient (Wildman–Crippen LogP) is 2.92. The molecule has 1 saturated carbocycles. The summed E-state index contributed by atoms with van der Waals surface area (Å²) in [5.74, 6) is 0.660. The molecule has 0 unspecified atom stereocenters. The zero-order chi connectivity index (χ0) is 14.4. The summed E-state index contributed by atoms with van der Waals surface area (Å²) < 4.78 is 5.48. The van der Waals surface area contributed by atoms with Crippen molar-refractivity contribution in [3.05, 3.63) is 23.8 Å². The Bertz CT molecular complexity index is 451. The van der Waals surface area contributed by atoms with E-state index in [2.05, 4.69) is 5.32 Å².